The van der Waals surface area contributed by atoms with Crippen molar-refractivity contribution < 1.29 is 9.18 Å². The zero-order valence-corrected chi connectivity index (χ0v) is 10.9. The summed E-state index contributed by atoms with van der Waals surface area (Å²) in [5.41, 5.74) is 6.29. The average Bonchev–Trinajstić information content (AvgIpc) is 2.40. The highest BCUT2D eigenvalue weighted by Crippen LogP contribution is 2.22. The molecule has 0 aliphatic carbocycles. The second-order valence-electron chi connectivity index (χ2n) is 4.00. The SMILES string of the molecule is N#Cc1ccc(NC(=O)c2ccc(N)cc2Cl)c(F)c1. The third kappa shape index (κ3) is 2.87. The maximum atomic E-state index is 13.7. The van der Waals surface area contributed by atoms with E-state index < -0.39 is 11.7 Å². The largest absolute Gasteiger partial charge is 0.399 e. The zero-order chi connectivity index (χ0) is 14.7. The lowest BCUT2D eigenvalue weighted by Gasteiger charge is -2.08. The number of anilines is 2. The minimum Gasteiger partial charge on any atom is -0.399 e. The smallest absolute Gasteiger partial charge is 0.257 e. The van der Waals surface area contributed by atoms with Gasteiger partial charge in [-0.2, -0.15) is 5.26 Å². The number of benzene rings is 2. The van der Waals surface area contributed by atoms with Gasteiger partial charge in [0.1, 0.15) is 5.82 Å². The molecule has 2 aromatic carbocycles. The van der Waals surface area contributed by atoms with Gasteiger partial charge in [-0.15, -0.1) is 0 Å². The van der Waals surface area contributed by atoms with E-state index in [-0.39, 0.29) is 21.8 Å². The molecule has 0 heterocycles. The van der Waals surface area contributed by atoms with Gasteiger partial charge in [-0.05, 0) is 36.4 Å². The summed E-state index contributed by atoms with van der Waals surface area (Å²) in [7, 11) is 0. The fourth-order valence-corrected chi connectivity index (χ4v) is 1.87. The minimum absolute atomic E-state index is 0.0260. The average molecular weight is 290 g/mol. The molecule has 3 N–H and O–H groups in total. The van der Waals surface area contributed by atoms with Gasteiger partial charge in [-0.3, -0.25) is 4.79 Å². The molecule has 2 aromatic rings. The number of nitrogens with zero attached hydrogens (tertiary/aromatic N) is 1. The van der Waals surface area contributed by atoms with Crippen LogP contribution in [0.1, 0.15) is 15.9 Å². The topological polar surface area (TPSA) is 78.9 Å². The van der Waals surface area contributed by atoms with Crippen molar-refractivity contribution in [3.05, 3.63) is 58.4 Å². The van der Waals surface area contributed by atoms with E-state index in [2.05, 4.69) is 5.32 Å². The molecule has 4 nitrogen and oxygen atoms in total. The molecule has 0 bridgehead atoms. The number of nitrogens with one attached hydrogen (secondary N) is 1. The molecule has 0 spiro atoms. The van der Waals surface area contributed by atoms with E-state index in [1.807, 2.05) is 6.07 Å². The molecule has 0 unspecified atom stereocenters. The quantitative estimate of drug-likeness (QED) is 0.833. The number of nitrogens with two attached hydrogens (primary N) is 1. The number of carbonyl (C=O) groups excluding carboxylic acids is 1. The summed E-state index contributed by atoms with van der Waals surface area (Å²) in [6.45, 7) is 0. The van der Waals surface area contributed by atoms with E-state index in [4.69, 9.17) is 22.6 Å². The van der Waals surface area contributed by atoms with E-state index in [0.717, 1.165) is 6.07 Å². The Kier molecular flexibility index (Phi) is 3.87. The molecule has 0 saturated heterocycles. The van der Waals surface area contributed by atoms with E-state index >= 15 is 0 Å². The Hall–Kier alpha value is -2.58. The van der Waals surface area contributed by atoms with Crippen molar-refractivity contribution in [2.75, 3.05) is 11.1 Å². The van der Waals surface area contributed by atoms with Crippen LogP contribution in [0.25, 0.3) is 0 Å². The molecule has 0 aliphatic rings. The number of nitriles is 1. The lowest BCUT2D eigenvalue weighted by molar-refractivity contribution is 0.102. The van der Waals surface area contributed by atoms with E-state index in [1.165, 1.54) is 30.3 Å². The summed E-state index contributed by atoms with van der Waals surface area (Å²) in [6.07, 6.45) is 0. The van der Waals surface area contributed by atoms with Crippen LogP contribution in [-0.4, -0.2) is 5.91 Å². The van der Waals surface area contributed by atoms with Crippen molar-refractivity contribution in [3.63, 3.8) is 0 Å². The summed E-state index contributed by atoms with van der Waals surface area (Å²) in [5, 5.41) is 11.2. The maximum absolute atomic E-state index is 13.7. The predicted octanol–water partition coefficient (Wildman–Crippen LogP) is 3.19. The second-order valence-corrected chi connectivity index (χ2v) is 4.41. The Morgan fingerprint density at radius 2 is 2.05 bits per heavy atom. The van der Waals surface area contributed by atoms with Gasteiger partial charge in [0.2, 0.25) is 0 Å². The summed E-state index contributed by atoms with van der Waals surface area (Å²) in [5.74, 6) is -1.25. The van der Waals surface area contributed by atoms with Gasteiger partial charge in [-0.25, -0.2) is 4.39 Å². The van der Waals surface area contributed by atoms with Gasteiger partial charge in [0.05, 0.1) is 27.9 Å². The van der Waals surface area contributed by atoms with E-state index in [1.54, 1.807) is 0 Å². The predicted molar refractivity (Wildman–Crippen MR) is 74.9 cm³/mol. The number of carbonyl (C=O) groups is 1. The lowest BCUT2D eigenvalue weighted by Crippen LogP contribution is -2.13. The minimum atomic E-state index is -0.691. The Morgan fingerprint density at radius 1 is 1.30 bits per heavy atom. The van der Waals surface area contributed by atoms with Crippen LogP contribution in [0.3, 0.4) is 0 Å². The first-order chi connectivity index (χ1) is 9.51. The first kappa shape index (κ1) is 13.8. The standard InChI is InChI=1S/C14H9ClFN3O/c15-11-6-9(18)2-3-10(11)14(20)19-13-4-1-8(7-17)5-12(13)16/h1-6H,18H2,(H,19,20). The summed E-state index contributed by atoms with van der Waals surface area (Å²) >= 11 is 5.90. The number of hydrogen-bond donors (Lipinski definition) is 2. The molecule has 0 radical (unpaired) electrons. The van der Waals surface area contributed by atoms with Crippen LogP contribution in [0.4, 0.5) is 15.8 Å². The molecular formula is C14H9ClFN3O. The molecule has 0 fully saturated rings. The van der Waals surface area contributed by atoms with Crippen LogP contribution >= 0.6 is 11.6 Å². The fourth-order valence-electron chi connectivity index (χ4n) is 1.59. The number of nitrogen functional groups attached to an aromatic ring is 1. The van der Waals surface area contributed by atoms with Crippen LogP contribution in [0, 0.1) is 17.1 Å². The Balaban J connectivity index is 2.26. The molecule has 0 aromatic heterocycles. The van der Waals surface area contributed by atoms with E-state index in [9.17, 15) is 9.18 Å². The van der Waals surface area contributed by atoms with Crippen LogP contribution in [-0.2, 0) is 0 Å². The Morgan fingerprint density at radius 3 is 2.65 bits per heavy atom. The van der Waals surface area contributed by atoms with Crippen molar-refractivity contribution in [2.45, 2.75) is 0 Å². The number of amides is 1. The normalized spacial score (nSPS) is 9.85. The molecule has 0 aliphatic heterocycles. The third-order valence-corrected chi connectivity index (χ3v) is 2.90. The molecule has 0 atom stereocenters. The highest BCUT2D eigenvalue weighted by Gasteiger charge is 2.13. The van der Waals surface area contributed by atoms with Crippen molar-refractivity contribution >= 4 is 28.9 Å². The number of halogens is 2. The molecule has 100 valence electrons. The van der Waals surface area contributed by atoms with Crippen LogP contribution in [0.5, 0.6) is 0 Å². The third-order valence-electron chi connectivity index (χ3n) is 2.58. The lowest BCUT2D eigenvalue weighted by atomic mass is 10.1. The maximum Gasteiger partial charge on any atom is 0.257 e. The van der Waals surface area contributed by atoms with E-state index in [0.29, 0.717) is 5.69 Å². The highest BCUT2D eigenvalue weighted by molar-refractivity contribution is 6.34. The molecule has 2 rings (SSSR count). The van der Waals surface area contributed by atoms with Crippen LogP contribution in [0.2, 0.25) is 5.02 Å². The van der Waals surface area contributed by atoms with Crippen molar-refractivity contribution in [1.82, 2.24) is 0 Å². The first-order valence-electron chi connectivity index (χ1n) is 5.57. The number of hydrogen-bond acceptors (Lipinski definition) is 3. The highest BCUT2D eigenvalue weighted by atomic mass is 35.5. The van der Waals surface area contributed by atoms with Crippen LogP contribution < -0.4 is 11.1 Å². The molecule has 6 heteroatoms. The van der Waals surface area contributed by atoms with Gasteiger partial charge < -0.3 is 11.1 Å². The van der Waals surface area contributed by atoms with Crippen molar-refractivity contribution in [2.24, 2.45) is 0 Å². The monoisotopic (exact) mass is 289 g/mol. The number of rotatable bonds is 2. The fraction of sp³-hybridized carbons (Fsp3) is 0. The second kappa shape index (κ2) is 5.59. The summed E-state index contributed by atoms with van der Waals surface area (Å²) in [6, 6.07) is 9.98. The molecule has 0 saturated carbocycles. The van der Waals surface area contributed by atoms with Gasteiger partial charge >= 0.3 is 0 Å². The Labute approximate surface area is 119 Å². The summed E-state index contributed by atoms with van der Waals surface area (Å²) in [4.78, 5) is 12.0. The molecular weight excluding hydrogens is 281 g/mol. The molecule has 20 heavy (non-hydrogen) atoms. The van der Waals surface area contributed by atoms with Gasteiger partial charge in [0, 0.05) is 5.69 Å². The van der Waals surface area contributed by atoms with Crippen molar-refractivity contribution in [3.8, 4) is 6.07 Å². The zero-order valence-electron chi connectivity index (χ0n) is 10.2. The van der Waals surface area contributed by atoms with Gasteiger partial charge in [0.25, 0.3) is 5.91 Å². The summed E-state index contributed by atoms with van der Waals surface area (Å²) < 4.78 is 13.7. The van der Waals surface area contributed by atoms with Crippen LogP contribution in [0.15, 0.2) is 36.4 Å². The van der Waals surface area contributed by atoms with Gasteiger partial charge in [-0.1, -0.05) is 11.6 Å². The van der Waals surface area contributed by atoms with Gasteiger partial charge in [0.15, 0.2) is 0 Å². The van der Waals surface area contributed by atoms with Crippen molar-refractivity contribution in [1.29, 1.82) is 5.26 Å². The Bertz CT molecular complexity index is 725. The first-order valence-corrected chi connectivity index (χ1v) is 5.95. The molecule has 1 amide bonds.